The summed E-state index contributed by atoms with van der Waals surface area (Å²) < 4.78 is 19.6. The number of ether oxygens (including phenoxy) is 1. The number of carbonyl (C=O) groups is 1. The van der Waals surface area contributed by atoms with Crippen molar-refractivity contribution in [2.75, 3.05) is 33.8 Å². The Morgan fingerprint density at radius 3 is 2.75 bits per heavy atom. The highest BCUT2D eigenvalue weighted by molar-refractivity contribution is 14.0. The van der Waals surface area contributed by atoms with Gasteiger partial charge in [-0.3, -0.25) is 4.79 Å². The van der Waals surface area contributed by atoms with Gasteiger partial charge in [-0.25, -0.2) is 9.38 Å². The molecule has 0 radical (unpaired) electrons. The second-order valence-electron chi connectivity index (χ2n) is 7.20. The van der Waals surface area contributed by atoms with E-state index in [4.69, 9.17) is 4.74 Å². The topological polar surface area (TPSA) is 66.0 Å². The van der Waals surface area contributed by atoms with Gasteiger partial charge in [0.1, 0.15) is 12.4 Å². The number of amides is 1. The van der Waals surface area contributed by atoms with Crippen molar-refractivity contribution < 1.29 is 13.9 Å². The molecule has 2 unspecified atom stereocenters. The SMILES string of the molecule is Cc1ccc(C(C)NC(=NCC(=O)N(C)C)NCC2CCCCO2)cc1F.I. The molecule has 1 aliphatic rings. The van der Waals surface area contributed by atoms with Crippen LogP contribution < -0.4 is 10.6 Å². The lowest BCUT2D eigenvalue weighted by atomic mass is 10.1. The quantitative estimate of drug-likeness (QED) is 0.354. The number of benzene rings is 1. The molecule has 2 rings (SSSR count). The molecule has 2 atom stereocenters. The van der Waals surface area contributed by atoms with Crippen LogP contribution in [-0.2, 0) is 9.53 Å². The van der Waals surface area contributed by atoms with Gasteiger partial charge in [0, 0.05) is 27.2 Å². The number of likely N-dealkylation sites (N-methyl/N-ethyl adjacent to an activating group) is 1. The fourth-order valence-corrected chi connectivity index (χ4v) is 2.79. The maximum absolute atomic E-state index is 13.9. The van der Waals surface area contributed by atoms with E-state index in [9.17, 15) is 9.18 Å². The summed E-state index contributed by atoms with van der Waals surface area (Å²) in [5.74, 6) is 0.206. The standard InChI is InChI=1S/C20H31FN4O2.HI/c1-14-8-9-16(11-18(14)21)15(2)24-20(23-13-19(26)25(3)4)22-12-17-7-5-6-10-27-17;/h8-9,11,15,17H,5-7,10,12-13H2,1-4H3,(H2,22,23,24);1H. The maximum atomic E-state index is 13.9. The lowest BCUT2D eigenvalue weighted by Gasteiger charge is -2.25. The minimum absolute atomic E-state index is 0. The number of rotatable bonds is 6. The predicted octanol–water partition coefficient (Wildman–Crippen LogP) is 3.01. The Bertz CT molecular complexity index is 664. The van der Waals surface area contributed by atoms with E-state index in [1.54, 1.807) is 27.1 Å². The van der Waals surface area contributed by atoms with Crippen LogP contribution in [0.25, 0.3) is 0 Å². The average molecular weight is 506 g/mol. The van der Waals surface area contributed by atoms with Gasteiger partial charge < -0.3 is 20.3 Å². The Morgan fingerprint density at radius 1 is 1.39 bits per heavy atom. The van der Waals surface area contributed by atoms with Gasteiger partial charge in [-0.2, -0.15) is 0 Å². The van der Waals surface area contributed by atoms with Gasteiger partial charge in [0.05, 0.1) is 12.1 Å². The molecule has 0 saturated carbocycles. The van der Waals surface area contributed by atoms with Crippen LogP contribution in [0.4, 0.5) is 4.39 Å². The van der Waals surface area contributed by atoms with Crippen LogP contribution in [0.2, 0.25) is 0 Å². The van der Waals surface area contributed by atoms with Gasteiger partial charge in [0.15, 0.2) is 5.96 Å². The van der Waals surface area contributed by atoms with E-state index in [-0.39, 0.29) is 54.4 Å². The highest BCUT2D eigenvalue weighted by atomic mass is 127. The molecular formula is C20H32FIN4O2. The van der Waals surface area contributed by atoms with Crippen LogP contribution in [0.15, 0.2) is 23.2 Å². The number of guanidine groups is 1. The molecule has 2 N–H and O–H groups in total. The Balaban J connectivity index is 0.00000392. The fourth-order valence-electron chi connectivity index (χ4n) is 2.79. The minimum atomic E-state index is -0.231. The molecule has 0 aliphatic carbocycles. The number of nitrogens with zero attached hydrogens (tertiary/aromatic N) is 2. The maximum Gasteiger partial charge on any atom is 0.243 e. The van der Waals surface area contributed by atoms with E-state index in [1.807, 2.05) is 13.0 Å². The van der Waals surface area contributed by atoms with Crippen molar-refractivity contribution in [1.29, 1.82) is 0 Å². The highest BCUT2D eigenvalue weighted by Crippen LogP contribution is 2.16. The van der Waals surface area contributed by atoms with Crippen LogP contribution >= 0.6 is 24.0 Å². The first kappa shape index (κ1) is 24.6. The summed E-state index contributed by atoms with van der Waals surface area (Å²) in [4.78, 5) is 17.8. The van der Waals surface area contributed by atoms with Crippen molar-refractivity contribution >= 4 is 35.8 Å². The summed E-state index contributed by atoms with van der Waals surface area (Å²) in [5.41, 5.74) is 1.43. The molecule has 1 heterocycles. The monoisotopic (exact) mass is 506 g/mol. The Morgan fingerprint density at radius 2 is 2.14 bits per heavy atom. The Kier molecular flexibility index (Phi) is 10.7. The van der Waals surface area contributed by atoms with Gasteiger partial charge in [0.25, 0.3) is 0 Å². The van der Waals surface area contributed by atoms with Gasteiger partial charge in [0.2, 0.25) is 5.91 Å². The molecule has 1 fully saturated rings. The third-order valence-electron chi connectivity index (χ3n) is 4.69. The molecule has 0 spiro atoms. The van der Waals surface area contributed by atoms with Crippen LogP contribution in [0.1, 0.15) is 43.4 Å². The van der Waals surface area contributed by atoms with Crippen molar-refractivity contribution in [2.45, 2.75) is 45.3 Å². The summed E-state index contributed by atoms with van der Waals surface area (Å²) in [5, 5.41) is 6.52. The molecule has 0 aromatic heterocycles. The zero-order chi connectivity index (χ0) is 19.8. The Labute approximate surface area is 184 Å². The molecule has 1 aromatic rings. The first-order chi connectivity index (χ1) is 12.9. The van der Waals surface area contributed by atoms with E-state index in [0.717, 1.165) is 31.4 Å². The number of aliphatic imine (C=N–C) groups is 1. The van der Waals surface area contributed by atoms with Crippen LogP contribution in [0, 0.1) is 12.7 Å². The molecule has 28 heavy (non-hydrogen) atoms. The molecule has 1 aliphatic heterocycles. The predicted molar refractivity (Wildman–Crippen MR) is 121 cm³/mol. The van der Waals surface area contributed by atoms with Gasteiger partial charge in [-0.05, 0) is 50.3 Å². The summed E-state index contributed by atoms with van der Waals surface area (Å²) >= 11 is 0. The highest BCUT2D eigenvalue weighted by Gasteiger charge is 2.16. The summed E-state index contributed by atoms with van der Waals surface area (Å²) in [6, 6.07) is 5.02. The molecule has 158 valence electrons. The zero-order valence-corrected chi connectivity index (χ0v) is 19.5. The number of hydrogen-bond donors (Lipinski definition) is 2. The van der Waals surface area contributed by atoms with E-state index in [0.29, 0.717) is 18.1 Å². The van der Waals surface area contributed by atoms with Crippen molar-refractivity contribution in [3.05, 3.63) is 35.1 Å². The first-order valence-electron chi connectivity index (χ1n) is 9.49. The van der Waals surface area contributed by atoms with Crippen LogP contribution in [0.3, 0.4) is 0 Å². The van der Waals surface area contributed by atoms with Crippen molar-refractivity contribution in [3.63, 3.8) is 0 Å². The summed E-state index contributed by atoms with van der Waals surface area (Å²) in [6.07, 6.45) is 3.41. The number of halogens is 2. The first-order valence-corrected chi connectivity index (χ1v) is 9.49. The van der Waals surface area contributed by atoms with E-state index in [2.05, 4.69) is 15.6 Å². The Hall–Kier alpha value is -1.42. The number of hydrogen-bond acceptors (Lipinski definition) is 3. The van der Waals surface area contributed by atoms with E-state index in [1.165, 1.54) is 11.0 Å². The lowest BCUT2D eigenvalue weighted by molar-refractivity contribution is -0.127. The third-order valence-corrected chi connectivity index (χ3v) is 4.69. The number of carbonyl (C=O) groups excluding carboxylic acids is 1. The lowest BCUT2D eigenvalue weighted by Crippen LogP contribution is -2.44. The van der Waals surface area contributed by atoms with E-state index < -0.39 is 0 Å². The molecule has 6 nitrogen and oxygen atoms in total. The largest absolute Gasteiger partial charge is 0.376 e. The molecular weight excluding hydrogens is 474 g/mol. The second kappa shape index (κ2) is 12.2. The normalized spacial score (nSPS) is 18.0. The number of aryl methyl sites for hydroxylation is 1. The molecule has 1 saturated heterocycles. The van der Waals surface area contributed by atoms with Crippen LogP contribution in [-0.4, -0.2) is 56.7 Å². The van der Waals surface area contributed by atoms with Crippen molar-refractivity contribution in [1.82, 2.24) is 15.5 Å². The fraction of sp³-hybridized carbons (Fsp3) is 0.600. The number of nitrogens with one attached hydrogen (secondary N) is 2. The molecule has 0 bridgehead atoms. The smallest absolute Gasteiger partial charge is 0.243 e. The third kappa shape index (κ3) is 7.90. The average Bonchev–Trinajstić information content (AvgIpc) is 2.66. The molecule has 1 amide bonds. The summed E-state index contributed by atoms with van der Waals surface area (Å²) in [7, 11) is 3.40. The minimum Gasteiger partial charge on any atom is -0.376 e. The molecule has 8 heteroatoms. The zero-order valence-electron chi connectivity index (χ0n) is 17.1. The van der Waals surface area contributed by atoms with Gasteiger partial charge in [-0.15, -0.1) is 24.0 Å². The van der Waals surface area contributed by atoms with Crippen LogP contribution in [0.5, 0.6) is 0 Å². The van der Waals surface area contributed by atoms with Crippen molar-refractivity contribution in [2.24, 2.45) is 4.99 Å². The second-order valence-corrected chi connectivity index (χ2v) is 7.20. The van der Waals surface area contributed by atoms with Crippen molar-refractivity contribution in [3.8, 4) is 0 Å². The molecule has 1 aromatic carbocycles. The van der Waals surface area contributed by atoms with Gasteiger partial charge >= 0.3 is 0 Å². The summed E-state index contributed by atoms with van der Waals surface area (Å²) in [6.45, 7) is 5.12. The van der Waals surface area contributed by atoms with E-state index >= 15 is 0 Å². The van der Waals surface area contributed by atoms with Gasteiger partial charge in [-0.1, -0.05) is 12.1 Å².